The Hall–Kier alpha value is -6.50. The zero-order valence-electron chi connectivity index (χ0n) is 42.8. The maximum atomic E-state index is 16.8. The molecule has 17 nitrogen and oxygen atoms in total. The maximum Gasteiger partial charge on any atom is 0.319 e. The lowest BCUT2D eigenvalue weighted by Gasteiger charge is -2.39. The van der Waals surface area contributed by atoms with Gasteiger partial charge in [0.15, 0.2) is 5.82 Å². The Kier molecular flexibility index (Phi) is 15.7. The molecule has 3 aromatic carbocycles. The zero-order valence-corrected chi connectivity index (χ0v) is 42.8. The van der Waals surface area contributed by atoms with Gasteiger partial charge in [-0.2, -0.15) is 9.97 Å². The number of piperazine rings is 2. The van der Waals surface area contributed by atoms with Crippen molar-refractivity contribution in [1.29, 1.82) is 0 Å². The van der Waals surface area contributed by atoms with Crippen LogP contribution in [0.3, 0.4) is 0 Å². The number of anilines is 2. The van der Waals surface area contributed by atoms with E-state index >= 15 is 4.39 Å². The van der Waals surface area contributed by atoms with Gasteiger partial charge in [-0.1, -0.05) is 25.1 Å². The number of rotatable bonds is 13. The molecule has 4 amide bonds. The predicted octanol–water partition coefficient (Wildman–Crippen LogP) is 6.17. The largest absolute Gasteiger partial charge is 0.508 e. The van der Waals surface area contributed by atoms with E-state index in [4.69, 9.17) is 19.7 Å². The normalized spacial score (nSPS) is 20.5. The molecule has 3 atom stereocenters. The summed E-state index contributed by atoms with van der Waals surface area (Å²) in [7, 11) is 5.46. The molecule has 6 aliphatic rings. The first-order valence-electron chi connectivity index (χ1n) is 25.9. The second-order valence-corrected chi connectivity index (χ2v) is 20.4. The van der Waals surface area contributed by atoms with E-state index in [1.165, 1.54) is 12.8 Å². The van der Waals surface area contributed by atoms with Crippen molar-refractivity contribution >= 4 is 57.8 Å². The van der Waals surface area contributed by atoms with Crippen molar-refractivity contribution in [2.45, 2.75) is 102 Å². The molecular formula is C55H69FN10O7. The van der Waals surface area contributed by atoms with Gasteiger partial charge >= 0.3 is 6.01 Å². The number of hydrogen-bond donors (Lipinski definition) is 2. The fourth-order valence-corrected chi connectivity index (χ4v) is 12.0. The molecule has 2 N–H and O–H groups in total. The molecule has 388 valence electrons. The quantitative estimate of drug-likeness (QED) is 0.128. The van der Waals surface area contributed by atoms with E-state index in [-0.39, 0.29) is 52.8 Å². The van der Waals surface area contributed by atoms with Crippen molar-refractivity contribution in [2.75, 3.05) is 90.0 Å². The number of aryl methyl sites for hydroxylation is 1. The van der Waals surface area contributed by atoms with E-state index in [0.717, 1.165) is 105 Å². The molecule has 0 radical (unpaired) electrons. The number of methoxy groups -OCH3 is 1. The first kappa shape index (κ1) is 51.4. The van der Waals surface area contributed by atoms with Gasteiger partial charge in [0, 0.05) is 108 Å². The number of phenols is 1. The smallest absolute Gasteiger partial charge is 0.319 e. The first-order chi connectivity index (χ1) is 35.4. The van der Waals surface area contributed by atoms with Gasteiger partial charge in [-0.25, -0.2) is 4.39 Å². The summed E-state index contributed by atoms with van der Waals surface area (Å²) in [5.41, 5.74) is 4.82. The van der Waals surface area contributed by atoms with E-state index in [9.17, 15) is 24.3 Å². The number of imide groups is 1. The number of pyridine rings is 1. The molecule has 6 aliphatic heterocycles. The number of fused-ring (bicyclic) bond motifs is 6. The topological polar surface area (TPSA) is 177 Å². The molecule has 5 aromatic rings. The van der Waals surface area contributed by atoms with Gasteiger partial charge in [0.05, 0.1) is 10.9 Å². The van der Waals surface area contributed by atoms with Gasteiger partial charge in [-0.15, -0.1) is 0 Å². The number of ether oxygens (including phenoxy) is 2. The van der Waals surface area contributed by atoms with Crippen molar-refractivity contribution in [3.8, 4) is 23.0 Å². The number of carbonyl (C=O) groups is 4. The van der Waals surface area contributed by atoms with E-state index < -0.39 is 5.82 Å². The van der Waals surface area contributed by atoms with E-state index in [0.29, 0.717) is 73.5 Å². The highest BCUT2D eigenvalue weighted by atomic mass is 19.1. The summed E-state index contributed by atoms with van der Waals surface area (Å²) in [6, 6.07) is 16.2. The first-order valence-corrected chi connectivity index (χ1v) is 25.9. The average molecular weight is 1000 g/mol. The molecule has 11 rings (SSSR count). The van der Waals surface area contributed by atoms with Crippen LogP contribution in [0.1, 0.15) is 86.7 Å². The number of phenolic OH excluding ortho intramolecular Hbond substituents is 1. The van der Waals surface area contributed by atoms with Crippen LogP contribution < -0.4 is 19.9 Å². The molecule has 73 heavy (non-hydrogen) atoms. The molecule has 0 spiro atoms. The number of likely N-dealkylation sites (N-methyl/N-ethyl adjacent to an activating group) is 1. The molecular weight excluding hydrogens is 932 g/mol. The van der Waals surface area contributed by atoms with E-state index in [1.807, 2.05) is 37.3 Å². The van der Waals surface area contributed by atoms with Crippen LogP contribution in [-0.2, 0) is 32.1 Å². The van der Waals surface area contributed by atoms with Crippen LogP contribution in [0, 0.1) is 5.82 Å². The van der Waals surface area contributed by atoms with Crippen LogP contribution in [0.15, 0.2) is 54.7 Å². The van der Waals surface area contributed by atoms with Crippen LogP contribution in [0.2, 0.25) is 0 Å². The summed E-state index contributed by atoms with van der Waals surface area (Å²) >= 11 is 0. The van der Waals surface area contributed by atoms with Crippen LogP contribution in [0.4, 0.5) is 15.9 Å². The fourth-order valence-electron chi connectivity index (χ4n) is 12.0. The fraction of sp³-hybridized carbons (Fsp3) is 0.509. The Morgan fingerprint density at radius 2 is 1.68 bits per heavy atom. The number of nitrogens with zero attached hydrogens (tertiary/aromatic N) is 9. The molecule has 5 saturated heterocycles. The minimum atomic E-state index is -0.512. The summed E-state index contributed by atoms with van der Waals surface area (Å²) in [5.74, 6) is -0.0923. The van der Waals surface area contributed by atoms with Crippen molar-refractivity contribution in [2.24, 2.45) is 0 Å². The van der Waals surface area contributed by atoms with Crippen LogP contribution in [-0.4, -0.2) is 168 Å². The third kappa shape index (κ3) is 10.5. The van der Waals surface area contributed by atoms with Gasteiger partial charge in [0.1, 0.15) is 29.4 Å². The highest BCUT2D eigenvalue weighted by molar-refractivity contribution is 6.02. The lowest BCUT2D eigenvalue weighted by molar-refractivity contribution is -0.125. The molecule has 0 saturated carbocycles. The summed E-state index contributed by atoms with van der Waals surface area (Å²) < 4.78 is 27.5. The summed E-state index contributed by atoms with van der Waals surface area (Å²) in [5, 5.41) is 15.1. The molecule has 8 heterocycles. The van der Waals surface area contributed by atoms with Gasteiger partial charge in [-0.3, -0.25) is 39.3 Å². The standard InChI is InChI=1S/C34H39FN6O2.C19H24N4O4.C2H6O/c1-3-21-7-4-8-22-15-25(42)16-26(28(21)22)30-29(35)31-27(17-36-30)32(40-18-23-9-10-24(19-40)39(23)2)38-33(37-31)43-20-34-11-5-13-41(34)14-6-12-34;1-14(2-5-18(26)20-12-24)23-11-15-10-16(3-4-17(15)19(23)27)22-8-6-21(13-25)7-9-22;1-3-2/h4,7-8,15-17,23-24,42H,3,5-6,9-14,18-20H2,1-2H3;3-4,10,12-14H,2,5-9,11H2,1H3,(H,20,24,26);1-2H3. The summed E-state index contributed by atoms with van der Waals surface area (Å²) in [4.78, 5) is 72.7. The monoisotopic (exact) mass is 1000 g/mol. The number of amides is 4. The zero-order chi connectivity index (χ0) is 51.4. The Morgan fingerprint density at radius 1 is 0.959 bits per heavy atom. The Morgan fingerprint density at radius 3 is 2.37 bits per heavy atom. The molecule has 2 aromatic heterocycles. The summed E-state index contributed by atoms with van der Waals surface area (Å²) in [6.45, 7) is 11.9. The highest BCUT2D eigenvalue weighted by Gasteiger charge is 2.45. The van der Waals surface area contributed by atoms with Crippen LogP contribution in [0.5, 0.6) is 11.8 Å². The second kappa shape index (κ2) is 22.3. The van der Waals surface area contributed by atoms with Crippen molar-refractivity contribution < 1.29 is 38.1 Å². The molecule has 18 heteroatoms. The Bertz CT molecular complexity index is 2820. The minimum Gasteiger partial charge on any atom is -0.508 e. The van der Waals surface area contributed by atoms with E-state index in [2.05, 4.69) is 49.7 Å². The number of nitrogens with one attached hydrogen (secondary N) is 1. The molecule has 2 bridgehead atoms. The molecule has 0 aliphatic carbocycles. The number of carbonyl (C=O) groups excluding carboxylic acids is 4. The van der Waals surface area contributed by atoms with Gasteiger partial charge in [-0.05, 0) is 131 Å². The maximum absolute atomic E-state index is 16.8. The van der Waals surface area contributed by atoms with Crippen molar-refractivity contribution in [3.63, 3.8) is 0 Å². The second-order valence-electron chi connectivity index (χ2n) is 20.4. The Balaban J connectivity index is 0.000000188. The highest BCUT2D eigenvalue weighted by Crippen LogP contribution is 2.42. The van der Waals surface area contributed by atoms with E-state index in [1.54, 1.807) is 42.3 Å². The Labute approximate surface area is 426 Å². The lowest BCUT2D eigenvalue weighted by atomic mass is 9.95. The number of aromatic nitrogens is 3. The summed E-state index contributed by atoms with van der Waals surface area (Å²) in [6.07, 6.45) is 11.3. The number of halogens is 1. The number of aromatic hydroxyl groups is 1. The minimum absolute atomic E-state index is 0.0226. The SMILES string of the molecule is CC(CCC(=O)NC=O)N1Cc2cc(N3CCN(C=O)CC3)ccc2C1=O.CCc1cccc2cc(O)cc(-c3ncc4c(N5CC6CCC(C5)N6C)nc(OCC56CCCN5CCC6)nc4c3F)c12.COC. The van der Waals surface area contributed by atoms with Crippen LogP contribution in [0.25, 0.3) is 32.9 Å². The average Bonchev–Trinajstić information content (AvgIpc) is 4.13. The predicted molar refractivity (Wildman–Crippen MR) is 278 cm³/mol. The van der Waals surface area contributed by atoms with Gasteiger partial charge < -0.3 is 34.2 Å². The number of benzene rings is 3. The third-order valence-electron chi connectivity index (χ3n) is 16.0. The van der Waals surface area contributed by atoms with Crippen LogP contribution >= 0.6 is 0 Å². The van der Waals surface area contributed by atoms with Gasteiger partial charge in [0.25, 0.3) is 5.91 Å². The number of hydrogen-bond acceptors (Lipinski definition) is 14. The van der Waals surface area contributed by atoms with Crippen molar-refractivity contribution in [1.82, 2.24) is 39.9 Å². The van der Waals surface area contributed by atoms with Crippen molar-refractivity contribution in [3.05, 3.63) is 77.2 Å². The molecule has 5 fully saturated rings. The third-order valence-corrected chi connectivity index (χ3v) is 16.0. The molecule has 3 unspecified atom stereocenters. The van der Waals surface area contributed by atoms with Gasteiger partial charge in [0.2, 0.25) is 18.7 Å². The lowest BCUT2D eigenvalue weighted by Crippen LogP contribution is -2.52.